The molecule has 17 aromatic carbocycles. The number of rotatable bonds is 36. The summed E-state index contributed by atoms with van der Waals surface area (Å²) in [6.07, 6.45) is 35.3. The molecule has 2 aliphatic carbocycles. The van der Waals surface area contributed by atoms with Crippen molar-refractivity contribution in [2.45, 2.75) is 218 Å². The molecular formula is C124H110S6. The maximum Gasteiger partial charge on any atom is 0.0535 e. The van der Waals surface area contributed by atoms with Crippen molar-refractivity contribution in [3.05, 3.63) is 274 Å². The smallest absolute Gasteiger partial charge is 0.0535 e. The Labute approximate surface area is 788 Å². The second-order valence-electron chi connectivity index (χ2n) is 38.9. The molecule has 0 aliphatic heterocycles. The molecule has 0 nitrogen and oxygen atoms in total. The minimum atomic E-state index is -0.163. The van der Waals surface area contributed by atoms with Crippen LogP contribution in [0.5, 0.6) is 0 Å². The summed E-state index contributed by atoms with van der Waals surface area (Å²) in [5.41, 5.74) is 22.4. The summed E-state index contributed by atoms with van der Waals surface area (Å²) >= 11 is 11.5. The molecule has 6 heteroatoms. The Kier molecular flexibility index (Phi) is 21.0. The van der Waals surface area contributed by atoms with E-state index in [1.165, 1.54) is 389 Å². The maximum atomic E-state index is 2.79. The van der Waals surface area contributed by atoms with Gasteiger partial charge >= 0.3 is 0 Å². The Morgan fingerprint density at radius 2 is 0.431 bits per heavy atom. The molecule has 0 amide bonds. The van der Waals surface area contributed by atoms with E-state index >= 15 is 0 Å². The zero-order valence-electron chi connectivity index (χ0n) is 75.5. The summed E-state index contributed by atoms with van der Waals surface area (Å²) in [6, 6.07) is 95.1. The lowest BCUT2D eigenvalue weighted by molar-refractivity contribution is 0.398. The molecule has 2 aliphatic rings. The SMILES string of the molecule is CCCCCCCCC1(CCCCCCCC)c2cc(-c3cc4c5cccc6c7cccc8c9cccc%10c%11cccc%12c%13cc(-c%14ccc%15c(c%14)C(CCCCCCCC)(CCCCCCCC)c%14cc(-c%16cc(-c%17cccs%17)c(-c%17cccs%17)s%16)ccc%14-%15)cc%14c(c3)c4c3c(c65)c(c87)c(c9%10)c(c%11%12)c3c%13%14)ccc2-c2ccc(-c3cc(-c4cccs4)c(-c4cccs4)s3)cc21. The van der Waals surface area contributed by atoms with Gasteiger partial charge in [-0.3, -0.25) is 0 Å². The molecule has 642 valence electrons. The first-order valence-corrected chi connectivity index (χ1v) is 54.7. The van der Waals surface area contributed by atoms with Gasteiger partial charge in [0.1, 0.15) is 0 Å². The molecule has 6 aromatic heterocycles. The Hall–Kier alpha value is -10.4. The van der Waals surface area contributed by atoms with E-state index < -0.39 is 0 Å². The van der Waals surface area contributed by atoms with Crippen molar-refractivity contribution in [1.82, 2.24) is 0 Å². The van der Waals surface area contributed by atoms with Gasteiger partial charge in [-0.2, -0.15) is 0 Å². The molecule has 25 rings (SSSR count). The molecule has 130 heavy (non-hydrogen) atoms. The van der Waals surface area contributed by atoms with Crippen molar-refractivity contribution < 1.29 is 0 Å². The maximum absolute atomic E-state index is 2.79. The minimum absolute atomic E-state index is 0.163. The van der Waals surface area contributed by atoms with Gasteiger partial charge < -0.3 is 0 Å². The van der Waals surface area contributed by atoms with Crippen molar-refractivity contribution >= 4 is 197 Å². The topological polar surface area (TPSA) is 0 Å². The summed E-state index contributed by atoms with van der Waals surface area (Å²) in [4.78, 5) is 10.9. The number of thiophene rings is 6. The highest BCUT2D eigenvalue weighted by atomic mass is 32.1. The molecule has 23 aromatic rings. The predicted molar refractivity (Wildman–Crippen MR) is 579 cm³/mol. The quantitative estimate of drug-likeness (QED) is 0.0209. The van der Waals surface area contributed by atoms with Crippen LogP contribution in [0.1, 0.15) is 230 Å². The van der Waals surface area contributed by atoms with Gasteiger partial charge in [0.15, 0.2) is 0 Å². The van der Waals surface area contributed by atoms with Crippen LogP contribution in [0.25, 0.3) is 235 Å². The monoisotopic (exact) mass is 1790 g/mol. The van der Waals surface area contributed by atoms with Crippen LogP contribution in [0.2, 0.25) is 0 Å². The molecule has 6 heterocycles. The zero-order chi connectivity index (χ0) is 86.5. The minimum Gasteiger partial charge on any atom is -0.144 e. The standard InChI is InChI=1S/C124H110S6/c1-5-9-13-17-21-25-57-123(58-26-22-18-14-10-6-2)99-69-75(49-53-81(99)83-55-51-77(71-101(83)123)107-73-97(103-45-33-61-125-103)121(129-107)105-47-35-63-127-105)79-65-93-91-43-31-41-89-87-39-29-37-85-86-38-30-40-88-90-42-32-44-92-94-66-80(68-96-95(67-79)113(93)119-117(111(89)91)115(109(85)87)116(110(86)88)118(112(90)92)120(119)114(94)96)76-50-54-82-84-56-52-78(108-74-98(104-46-34-62-126-104)122(130-108)106-48-36-64-128-106)72-102(84)124(100(82)70-76,59-27-23-19-15-11-7-3)60-28-24-20-16-12-8-4/h29-56,61-74H,5-28,57-60H2,1-4H3. The summed E-state index contributed by atoms with van der Waals surface area (Å²) < 4.78 is 0. The van der Waals surface area contributed by atoms with Gasteiger partial charge in [0, 0.05) is 51.2 Å². The summed E-state index contributed by atoms with van der Waals surface area (Å²) in [5.74, 6) is 0. The van der Waals surface area contributed by atoms with Gasteiger partial charge in [0.2, 0.25) is 0 Å². The van der Waals surface area contributed by atoms with Crippen LogP contribution in [0.4, 0.5) is 0 Å². The summed E-state index contributed by atoms with van der Waals surface area (Å²) in [6.45, 7) is 9.47. The fourth-order valence-electron chi connectivity index (χ4n) is 25.6. The van der Waals surface area contributed by atoms with Crippen LogP contribution in [0, 0.1) is 0 Å². The van der Waals surface area contributed by atoms with E-state index in [1.54, 1.807) is 22.3 Å². The Bertz CT molecular complexity index is 7480. The van der Waals surface area contributed by atoms with Crippen molar-refractivity contribution in [1.29, 1.82) is 0 Å². The van der Waals surface area contributed by atoms with E-state index in [4.69, 9.17) is 0 Å². The number of benzene rings is 17. The van der Waals surface area contributed by atoms with Crippen molar-refractivity contribution in [2.24, 2.45) is 0 Å². The molecule has 0 saturated carbocycles. The molecule has 0 fully saturated rings. The van der Waals surface area contributed by atoms with Gasteiger partial charge in [-0.1, -0.05) is 327 Å². The lowest BCUT2D eigenvalue weighted by atomic mass is 9.70. The van der Waals surface area contributed by atoms with E-state index in [0.717, 1.165) is 25.7 Å². The number of hydrogen-bond acceptors (Lipinski definition) is 6. The Balaban J connectivity index is 0.732. The predicted octanol–water partition coefficient (Wildman–Crippen LogP) is 41.4. The van der Waals surface area contributed by atoms with Crippen LogP contribution in [0.3, 0.4) is 0 Å². The lowest BCUT2D eigenvalue weighted by Gasteiger charge is -2.33. The van der Waals surface area contributed by atoms with Gasteiger partial charge in [-0.05, 0) is 339 Å². The van der Waals surface area contributed by atoms with Crippen LogP contribution < -0.4 is 0 Å². The third-order valence-electron chi connectivity index (χ3n) is 31.6. The molecule has 0 saturated heterocycles. The third kappa shape index (κ3) is 12.8. The molecule has 0 spiro atoms. The third-order valence-corrected chi connectivity index (χ3v) is 37.9. The average molecular weight is 1790 g/mol. The van der Waals surface area contributed by atoms with E-state index in [2.05, 4.69) is 280 Å². The fourth-order valence-corrected chi connectivity index (χ4v) is 31.3. The molecule has 0 atom stereocenters. The summed E-state index contributed by atoms with van der Waals surface area (Å²) in [5, 5.41) is 42.7. The molecule has 0 bridgehead atoms. The van der Waals surface area contributed by atoms with E-state index in [0.29, 0.717) is 0 Å². The Morgan fingerprint density at radius 1 is 0.185 bits per heavy atom. The second-order valence-corrected chi connectivity index (χ2v) is 44.8. The van der Waals surface area contributed by atoms with Crippen LogP contribution in [-0.2, 0) is 10.8 Å². The Morgan fingerprint density at radius 3 is 0.715 bits per heavy atom. The number of hydrogen-bond donors (Lipinski definition) is 0. The zero-order valence-corrected chi connectivity index (χ0v) is 80.4. The van der Waals surface area contributed by atoms with Gasteiger partial charge in [-0.15, -0.1) is 68.0 Å². The average Bonchev–Trinajstić information content (AvgIpc) is 1.08. The highest BCUT2D eigenvalue weighted by Gasteiger charge is 2.46. The highest BCUT2D eigenvalue weighted by molar-refractivity contribution is 7.25. The van der Waals surface area contributed by atoms with Crippen molar-refractivity contribution in [2.75, 3.05) is 0 Å². The van der Waals surface area contributed by atoms with Crippen LogP contribution in [0.15, 0.2) is 252 Å². The lowest BCUT2D eigenvalue weighted by Crippen LogP contribution is -2.25. The first kappa shape index (κ1) is 81.6. The first-order valence-electron chi connectivity index (χ1n) is 49.5. The van der Waals surface area contributed by atoms with E-state index in [1.807, 2.05) is 68.0 Å². The molecule has 0 unspecified atom stereocenters. The van der Waals surface area contributed by atoms with Gasteiger partial charge in [0.05, 0.1) is 9.75 Å². The van der Waals surface area contributed by atoms with Crippen LogP contribution >= 0.6 is 68.0 Å². The van der Waals surface area contributed by atoms with Crippen LogP contribution in [-0.4, -0.2) is 0 Å². The van der Waals surface area contributed by atoms with E-state index in [-0.39, 0.29) is 10.8 Å². The number of unbranched alkanes of at least 4 members (excludes halogenated alkanes) is 20. The van der Waals surface area contributed by atoms with E-state index in [9.17, 15) is 0 Å². The largest absolute Gasteiger partial charge is 0.144 e. The number of fused-ring (bicyclic) bond motifs is 12. The highest BCUT2D eigenvalue weighted by Crippen LogP contribution is 2.65. The fraction of sp³-hybridized carbons (Fsp3) is 0.274. The molecular weight excluding hydrogens is 1680 g/mol. The van der Waals surface area contributed by atoms with Gasteiger partial charge in [0.25, 0.3) is 0 Å². The second kappa shape index (κ2) is 33.4. The van der Waals surface area contributed by atoms with Crippen molar-refractivity contribution in [3.8, 4) is 106 Å². The first-order chi connectivity index (χ1) is 64.3. The normalized spacial score (nSPS) is 13.8. The summed E-state index contributed by atoms with van der Waals surface area (Å²) in [7, 11) is 0. The molecule has 0 N–H and O–H groups in total. The van der Waals surface area contributed by atoms with Gasteiger partial charge in [-0.25, -0.2) is 0 Å². The molecule has 0 radical (unpaired) electrons. The van der Waals surface area contributed by atoms with Crippen molar-refractivity contribution in [3.63, 3.8) is 0 Å².